The van der Waals surface area contributed by atoms with E-state index >= 15 is 0 Å². The number of nitrogens with two attached hydrogens (primary N) is 1. The number of ether oxygens (including phenoxy) is 1. The van der Waals surface area contributed by atoms with Crippen molar-refractivity contribution in [2.45, 2.75) is 0 Å². The van der Waals surface area contributed by atoms with Crippen LogP contribution in [0, 0.1) is 0 Å². The highest BCUT2D eigenvalue weighted by atomic mass is 35.5. The molecule has 0 unspecified atom stereocenters. The number of rotatable bonds is 4. The van der Waals surface area contributed by atoms with Crippen molar-refractivity contribution in [3.63, 3.8) is 0 Å². The number of halogens is 1. The number of hydrogen-bond donors (Lipinski definition) is 1. The van der Waals surface area contributed by atoms with Crippen molar-refractivity contribution in [2.24, 2.45) is 10.7 Å². The highest BCUT2D eigenvalue weighted by Crippen LogP contribution is 2.24. The van der Waals surface area contributed by atoms with Gasteiger partial charge < -0.3 is 10.5 Å². The third kappa shape index (κ3) is 3.45. The summed E-state index contributed by atoms with van der Waals surface area (Å²) in [5.74, 6) is 1.17. The Labute approximate surface area is 116 Å². The van der Waals surface area contributed by atoms with Crippen LogP contribution in [-0.2, 0) is 0 Å². The van der Waals surface area contributed by atoms with Crippen molar-refractivity contribution < 1.29 is 4.74 Å². The van der Waals surface area contributed by atoms with Crippen LogP contribution in [0.1, 0.15) is 0 Å². The molecule has 0 amide bonds. The summed E-state index contributed by atoms with van der Waals surface area (Å²) >= 11 is 5.61. The van der Waals surface area contributed by atoms with Crippen LogP contribution in [0.4, 0.5) is 5.69 Å². The molecule has 4 nitrogen and oxygen atoms in total. The van der Waals surface area contributed by atoms with E-state index in [1.54, 1.807) is 13.2 Å². The number of methoxy groups -OCH3 is 1. The fourth-order valence-electron chi connectivity index (χ4n) is 1.62. The van der Waals surface area contributed by atoms with Crippen molar-refractivity contribution in [3.8, 4) is 17.1 Å². The van der Waals surface area contributed by atoms with Crippen LogP contribution < -0.4 is 10.5 Å². The van der Waals surface area contributed by atoms with Crippen LogP contribution in [0.25, 0.3) is 11.3 Å². The lowest BCUT2D eigenvalue weighted by Crippen LogP contribution is -2.12. The molecule has 0 spiro atoms. The molecule has 19 heavy (non-hydrogen) atoms. The lowest BCUT2D eigenvalue weighted by Gasteiger charge is -2.04. The smallest absolute Gasteiger partial charge is 0.213 e. The second kappa shape index (κ2) is 6.20. The van der Waals surface area contributed by atoms with Gasteiger partial charge in [-0.3, -0.25) is 0 Å². The largest absolute Gasteiger partial charge is 0.481 e. The second-order valence-electron chi connectivity index (χ2n) is 3.85. The molecule has 0 bridgehead atoms. The summed E-state index contributed by atoms with van der Waals surface area (Å²) in [5.41, 5.74) is 8.14. The first-order chi connectivity index (χ1) is 9.22. The molecule has 0 fully saturated rings. The number of pyridine rings is 1. The molecule has 2 rings (SSSR count). The quantitative estimate of drug-likeness (QED) is 0.530. The highest BCUT2D eigenvalue weighted by Gasteiger charge is 2.02. The Morgan fingerprint density at radius 3 is 2.84 bits per heavy atom. The average Bonchev–Trinajstić information content (AvgIpc) is 2.47. The zero-order valence-electron chi connectivity index (χ0n) is 10.5. The fourth-order valence-corrected chi connectivity index (χ4v) is 1.68. The predicted octanol–water partition coefficient (Wildman–Crippen LogP) is 2.98. The molecular weight excluding hydrogens is 262 g/mol. The number of alkyl halides is 1. The standard InChI is InChI=1S/C14H14ClN3O/c1-19-14-7-3-6-12(18-14)10-4-2-5-11(8-10)17-13(16)9-15/h2-8H,9H2,1H3,(H2,16,17). The first-order valence-electron chi connectivity index (χ1n) is 5.73. The first-order valence-corrected chi connectivity index (χ1v) is 6.27. The van der Waals surface area contributed by atoms with E-state index in [0.29, 0.717) is 11.7 Å². The van der Waals surface area contributed by atoms with Gasteiger partial charge in [0.1, 0.15) is 5.84 Å². The van der Waals surface area contributed by atoms with Gasteiger partial charge >= 0.3 is 0 Å². The van der Waals surface area contributed by atoms with E-state index in [9.17, 15) is 0 Å². The summed E-state index contributed by atoms with van der Waals surface area (Å²) in [6.07, 6.45) is 0. The Morgan fingerprint density at radius 2 is 2.11 bits per heavy atom. The monoisotopic (exact) mass is 275 g/mol. The van der Waals surface area contributed by atoms with Gasteiger partial charge in [-0.1, -0.05) is 18.2 Å². The molecule has 0 aliphatic rings. The lowest BCUT2D eigenvalue weighted by atomic mass is 10.1. The average molecular weight is 276 g/mol. The van der Waals surface area contributed by atoms with Crippen molar-refractivity contribution in [2.75, 3.05) is 13.0 Å². The van der Waals surface area contributed by atoms with E-state index in [1.807, 2.05) is 36.4 Å². The lowest BCUT2D eigenvalue weighted by molar-refractivity contribution is 0.398. The van der Waals surface area contributed by atoms with Gasteiger partial charge in [0.05, 0.1) is 24.4 Å². The summed E-state index contributed by atoms with van der Waals surface area (Å²) in [4.78, 5) is 8.58. The van der Waals surface area contributed by atoms with E-state index in [0.717, 1.165) is 16.9 Å². The van der Waals surface area contributed by atoms with E-state index in [-0.39, 0.29) is 5.88 Å². The third-order valence-electron chi connectivity index (χ3n) is 2.48. The molecule has 5 heteroatoms. The van der Waals surface area contributed by atoms with Crippen LogP contribution in [0.15, 0.2) is 47.5 Å². The van der Waals surface area contributed by atoms with Gasteiger partial charge in [0, 0.05) is 11.6 Å². The summed E-state index contributed by atoms with van der Waals surface area (Å²) in [5, 5.41) is 0. The molecule has 0 radical (unpaired) electrons. The molecule has 0 atom stereocenters. The minimum atomic E-state index is 0.210. The van der Waals surface area contributed by atoms with Gasteiger partial charge in [-0.15, -0.1) is 11.6 Å². The van der Waals surface area contributed by atoms with E-state index in [2.05, 4.69) is 9.98 Å². The normalized spacial score (nSPS) is 11.4. The Balaban J connectivity index is 2.37. The first kappa shape index (κ1) is 13.4. The number of hydrogen-bond acceptors (Lipinski definition) is 3. The van der Waals surface area contributed by atoms with Crippen LogP contribution in [0.5, 0.6) is 5.88 Å². The topological polar surface area (TPSA) is 60.5 Å². The van der Waals surface area contributed by atoms with Crippen molar-refractivity contribution in [3.05, 3.63) is 42.5 Å². The van der Waals surface area contributed by atoms with Gasteiger partial charge in [0.2, 0.25) is 5.88 Å². The maximum atomic E-state index is 5.62. The van der Waals surface area contributed by atoms with E-state index < -0.39 is 0 Å². The molecular formula is C14H14ClN3O. The number of aliphatic imine (C=N–C) groups is 1. The molecule has 1 aromatic heterocycles. The number of aromatic nitrogens is 1. The van der Waals surface area contributed by atoms with Crippen LogP contribution in [0.3, 0.4) is 0 Å². The molecule has 1 aromatic carbocycles. The van der Waals surface area contributed by atoms with Gasteiger partial charge in [-0.2, -0.15) is 0 Å². The summed E-state index contributed by atoms with van der Waals surface area (Å²) in [6.45, 7) is 0. The molecule has 1 heterocycles. The summed E-state index contributed by atoms with van der Waals surface area (Å²) < 4.78 is 5.11. The molecule has 0 aliphatic carbocycles. The van der Waals surface area contributed by atoms with Gasteiger partial charge in [0.25, 0.3) is 0 Å². The van der Waals surface area contributed by atoms with Crippen molar-refractivity contribution in [1.29, 1.82) is 0 Å². The summed E-state index contributed by atoms with van der Waals surface area (Å²) in [7, 11) is 1.59. The van der Waals surface area contributed by atoms with Crippen molar-refractivity contribution >= 4 is 23.1 Å². The predicted molar refractivity (Wildman–Crippen MR) is 78.2 cm³/mol. The van der Waals surface area contributed by atoms with Gasteiger partial charge in [-0.05, 0) is 18.2 Å². The number of benzene rings is 1. The zero-order chi connectivity index (χ0) is 13.7. The van der Waals surface area contributed by atoms with Gasteiger partial charge in [0.15, 0.2) is 0 Å². The van der Waals surface area contributed by atoms with Crippen LogP contribution in [-0.4, -0.2) is 23.8 Å². The summed E-state index contributed by atoms with van der Waals surface area (Å²) in [6, 6.07) is 13.2. The molecule has 0 aliphatic heterocycles. The van der Waals surface area contributed by atoms with Gasteiger partial charge in [-0.25, -0.2) is 9.98 Å². The third-order valence-corrected chi connectivity index (χ3v) is 2.76. The fraction of sp³-hybridized carbons (Fsp3) is 0.143. The highest BCUT2D eigenvalue weighted by molar-refractivity contribution is 6.28. The van der Waals surface area contributed by atoms with E-state index in [1.165, 1.54) is 0 Å². The SMILES string of the molecule is COc1cccc(-c2cccc(N=C(N)CCl)c2)n1. The van der Waals surface area contributed by atoms with Crippen molar-refractivity contribution in [1.82, 2.24) is 4.98 Å². The maximum Gasteiger partial charge on any atom is 0.213 e. The molecule has 0 saturated carbocycles. The van der Waals surface area contributed by atoms with Crippen LogP contribution in [0.2, 0.25) is 0 Å². The Kier molecular flexibility index (Phi) is 4.36. The Hall–Kier alpha value is -2.07. The number of nitrogens with zero attached hydrogens (tertiary/aromatic N) is 2. The molecule has 0 saturated heterocycles. The second-order valence-corrected chi connectivity index (χ2v) is 4.12. The molecule has 98 valence electrons. The minimum Gasteiger partial charge on any atom is -0.481 e. The molecule has 2 aromatic rings. The van der Waals surface area contributed by atoms with E-state index in [4.69, 9.17) is 22.1 Å². The minimum absolute atomic E-state index is 0.210. The molecule has 2 N–H and O–H groups in total. The van der Waals surface area contributed by atoms with Crippen LogP contribution >= 0.6 is 11.6 Å². The Bertz CT molecular complexity index is 599. The zero-order valence-corrected chi connectivity index (χ0v) is 11.3. The number of amidine groups is 1. The Morgan fingerprint density at radius 1 is 1.32 bits per heavy atom. The maximum absolute atomic E-state index is 5.62.